The summed E-state index contributed by atoms with van der Waals surface area (Å²) in [5.74, 6) is 1.15. The number of nitrogens with zero attached hydrogens (tertiary/aromatic N) is 3. The fourth-order valence-electron chi connectivity index (χ4n) is 2.24. The van der Waals surface area contributed by atoms with Gasteiger partial charge in [0.1, 0.15) is 0 Å². The molecular formula is C16H25CrN3. The zero-order valence-electron chi connectivity index (χ0n) is 13.7. The Kier molecular flexibility index (Phi) is 8.91. The van der Waals surface area contributed by atoms with Crippen LogP contribution in [0.25, 0.3) is 0 Å². The van der Waals surface area contributed by atoms with Gasteiger partial charge in [-0.25, -0.2) is 0 Å². The van der Waals surface area contributed by atoms with Gasteiger partial charge in [0.15, 0.2) is 0 Å². The minimum absolute atomic E-state index is 0.928. The molecule has 0 aromatic heterocycles. The molecule has 0 aliphatic rings. The molecule has 0 aromatic carbocycles. The van der Waals surface area contributed by atoms with E-state index in [1.54, 1.807) is 0 Å². The number of hydrogen-bond acceptors (Lipinski definition) is 3. The molecule has 0 aromatic rings. The van der Waals surface area contributed by atoms with Gasteiger partial charge in [-0.1, -0.05) is 0 Å². The average molecular weight is 311 g/mol. The van der Waals surface area contributed by atoms with Crippen molar-refractivity contribution in [2.24, 2.45) is 0 Å². The molecule has 0 amide bonds. The molecule has 3 nitrogen and oxygen atoms in total. The Morgan fingerprint density at radius 1 is 0.950 bits per heavy atom. The summed E-state index contributed by atoms with van der Waals surface area (Å²) in [4.78, 5) is 6.48. The molecule has 0 fully saturated rings. The van der Waals surface area contributed by atoms with E-state index >= 15 is 0 Å². The topological polar surface area (TPSA) is 9.72 Å². The van der Waals surface area contributed by atoms with Crippen LogP contribution in [0.3, 0.4) is 0 Å². The summed E-state index contributed by atoms with van der Waals surface area (Å²) in [6, 6.07) is 0. The maximum atomic E-state index is 3.20. The molecule has 0 heterocycles. The van der Waals surface area contributed by atoms with Crippen LogP contribution in [0.15, 0.2) is 34.3 Å². The van der Waals surface area contributed by atoms with Crippen LogP contribution in [-0.2, 0) is 15.9 Å². The maximum absolute atomic E-state index is 3.20. The van der Waals surface area contributed by atoms with Crippen LogP contribution in [0, 0.1) is 0 Å². The number of hydrogen-bond donors (Lipinski definition) is 0. The summed E-state index contributed by atoms with van der Waals surface area (Å²) in [5, 5.41) is 0. The zero-order valence-corrected chi connectivity index (χ0v) is 14.9. The van der Waals surface area contributed by atoms with E-state index in [1.165, 1.54) is 0 Å². The van der Waals surface area contributed by atoms with Crippen molar-refractivity contribution in [1.29, 1.82) is 0 Å². The van der Waals surface area contributed by atoms with E-state index in [1.807, 2.05) is 28.2 Å². The van der Waals surface area contributed by atoms with Gasteiger partial charge in [0.25, 0.3) is 0 Å². The third-order valence-electron chi connectivity index (χ3n) is 2.91. The molecule has 0 rings (SSSR count). The Labute approximate surface area is 131 Å². The van der Waals surface area contributed by atoms with Crippen LogP contribution < -0.4 is 0 Å². The molecule has 0 radical (unpaired) electrons. The molecular weight excluding hydrogens is 286 g/mol. The van der Waals surface area contributed by atoms with E-state index in [0.717, 1.165) is 30.2 Å². The predicted octanol–water partition coefficient (Wildman–Crippen LogP) is 1.98. The van der Waals surface area contributed by atoms with Crippen molar-refractivity contribution in [3.63, 3.8) is 0 Å². The Bertz CT molecular complexity index is 492. The SMILES string of the molecule is CCN(CC)C(=C=C=C=[C]=[Cr])C(C)=C(N(C)C)N(C)C. The second-order valence-corrected chi connectivity index (χ2v) is 5.05. The molecule has 0 aliphatic carbocycles. The number of likely N-dealkylation sites (N-methyl/N-ethyl adjacent to an activating group) is 1. The van der Waals surface area contributed by atoms with Crippen LogP contribution >= 0.6 is 0 Å². The quantitative estimate of drug-likeness (QED) is 0.549. The number of allylic oxidation sites excluding steroid dienone is 1. The molecule has 0 bridgehead atoms. The van der Waals surface area contributed by atoms with E-state index in [-0.39, 0.29) is 0 Å². The van der Waals surface area contributed by atoms with Crippen molar-refractivity contribution in [2.75, 3.05) is 41.3 Å². The van der Waals surface area contributed by atoms with Crippen LogP contribution in [-0.4, -0.2) is 60.5 Å². The predicted molar refractivity (Wildman–Crippen MR) is 82.1 cm³/mol. The van der Waals surface area contributed by atoms with Crippen LogP contribution in [0.5, 0.6) is 0 Å². The molecule has 0 unspecified atom stereocenters. The monoisotopic (exact) mass is 311 g/mol. The van der Waals surface area contributed by atoms with Crippen molar-refractivity contribution in [1.82, 2.24) is 14.7 Å². The normalized spacial score (nSPS) is 8.55. The Morgan fingerprint density at radius 3 is 1.80 bits per heavy atom. The van der Waals surface area contributed by atoms with Gasteiger partial charge in [-0.05, 0) is 0 Å². The minimum atomic E-state index is 0.928. The molecule has 0 spiro atoms. The van der Waals surface area contributed by atoms with Gasteiger partial charge in [0, 0.05) is 0 Å². The second kappa shape index (κ2) is 9.55. The molecule has 0 saturated carbocycles. The third-order valence-corrected chi connectivity index (χ3v) is 3.07. The zero-order chi connectivity index (χ0) is 15.7. The van der Waals surface area contributed by atoms with Gasteiger partial charge < -0.3 is 0 Å². The van der Waals surface area contributed by atoms with Crippen molar-refractivity contribution in [2.45, 2.75) is 20.8 Å². The Balaban J connectivity index is 6.28. The van der Waals surface area contributed by atoms with E-state index in [0.29, 0.717) is 0 Å². The van der Waals surface area contributed by atoms with E-state index in [2.05, 4.69) is 73.1 Å². The van der Waals surface area contributed by atoms with E-state index in [9.17, 15) is 0 Å². The summed E-state index contributed by atoms with van der Waals surface area (Å²) in [6.45, 7) is 8.25. The Hall–Kier alpha value is -1.34. The van der Waals surface area contributed by atoms with E-state index < -0.39 is 0 Å². The Morgan fingerprint density at radius 2 is 1.45 bits per heavy atom. The van der Waals surface area contributed by atoms with Crippen molar-refractivity contribution in [3.8, 4) is 0 Å². The van der Waals surface area contributed by atoms with Crippen molar-refractivity contribution >= 4 is 4.54 Å². The molecule has 4 heteroatoms. The van der Waals surface area contributed by atoms with Crippen LogP contribution in [0.2, 0.25) is 0 Å². The first-order chi connectivity index (χ1) is 9.40. The first kappa shape index (κ1) is 18.7. The van der Waals surface area contributed by atoms with Crippen LogP contribution in [0.4, 0.5) is 0 Å². The molecule has 110 valence electrons. The summed E-state index contributed by atoms with van der Waals surface area (Å²) < 4.78 is 2.69. The molecule has 0 N–H and O–H groups in total. The van der Waals surface area contributed by atoms with Crippen LogP contribution in [0.1, 0.15) is 20.8 Å². The molecule has 0 saturated heterocycles. The standard InChI is InChI=1S/C16H25N3.Cr/c1-9-12-13-15(19(10-2)11-3)14(4)16(17(5)6)18(7)8;/h10-11H2,2-8H3;. The third kappa shape index (κ3) is 5.34. The van der Waals surface area contributed by atoms with Gasteiger partial charge >= 0.3 is 131 Å². The fourth-order valence-corrected chi connectivity index (χ4v) is 2.32. The first-order valence-corrected chi connectivity index (χ1v) is 7.35. The summed E-state index contributed by atoms with van der Waals surface area (Å²) in [7, 11) is 8.19. The summed E-state index contributed by atoms with van der Waals surface area (Å²) in [6.07, 6.45) is 0. The molecule has 0 atom stereocenters. The average Bonchev–Trinajstić information content (AvgIpc) is 2.37. The fraction of sp³-hybridized carbons (Fsp3) is 0.562. The first-order valence-electron chi connectivity index (χ1n) is 6.71. The van der Waals surface area contributed by atoms with Crippen molar-refractivity contribution in [3.05, 3.63) is 34.3 Å². The van der Waals surface area contributed by atoms with Gasteiger partial charge in [0.05, 0.1) is 0 Å². The van der Waals surface area contributed by atoms with Gasteiger partial charge in [-0.3, -0.25) is 0 Å². The van der Waals surface area contributed by atoms with Crippen molar-refractivity contribution < 1.29 is 15.9 Å². The summed E-state index contributed by atoms with van der Waals surface area (Å²) in [5.41, 5.74) is 11.1. The van der Waals surface area contributed by atoms with Gasteiger partial charge in [-0.2, -0.15) is 0 Å². The van der Waals surface area contributed by atoms with Gasteiger partial charge in [0.2, 0.25) is 0 Å². The second-order valence-electron chi connectivity index (χ2n) is 4.74. The molecule has 0 aliphatic heterocycles. The van der Waals surface area contributed by atoms with E-state index in [4.69, 9.17) is 0 Å². The van der Waals surface area contributed by atoms with Gasteiger partial charge in [-0.15, -0.1) is 0 Å². The molecule has 20 heavy (non-hydrogen) atoms. The number of rotatable bonds is 6. The summed E-state index contributed by atoms with van der Waals surface area (Å²) >= 11 is 2.65.